The van der Waals surface area contributed by atoms with E-state index in [-0.39, 0.29) is 18.6 Å². The number of hydrogen-bond donors (Lipinski definition) is 1. The highest BCUT2D eigenvalue weighted by Crippen LogP contribution is 2.32. The highest BCUT2D eigenvalue weighted by atomic mass is 16.7. The van der Waals surface area contributed by atoms with Gasteiger partial charge >= 0.3 is 0 Å². The van der Waals surface area contributed by atoms with Gasteiger partial charge in [-0.15, -0.1) is 0 Å². The average molecular weight is 395 g/mol. The highest BCUT2D eigenvalue weighted by molar-refractivity contribution is 5.98. The van der Waals surface area contributed by atoms with Crippen LogP contribution in [-0.4, -0.2) is 60.6 Å². The fourth-order valence-electron chi connectivity index (χ4n) is 3.62. The lowest BCUT2D eigenvalue weighted by molar-refractivity contribution is -0.134. The number of nitrogens with zero attached hydrogens (tertiary/aromatic N) is 2. The minimum atomic E-state index is -0.589. The van der Waals surface area contributed by atoms with Crippen LogP contribution in [0.1, 0.15) is 22.8 Å². The zero-order chi connectivity index (χ0) is 20.2. The average Bonchev–Trinajstić information content (AvgIpc) is 3.22. The molecule has 4 rings (SSSR count). The Kier molecular flexibility index (Phi) is 5.67. The summed E-state index contributed by atoms with van der Waals surface area (Å²) in [7, 11) is 0. The van der Waals surface area contributed by atoms with Crippen molar-refractivity contribution in [1.29, 1.82) is 0 Å². The molecule has 1 N–H and O–H groups in total. The molecule has 0 radical (unpaired) electrons. The second-order valence-electron chi connectivity index (χ2n) is 7.35. The van der Waals surface area contributed by atoms with Gasteiger partial charge in [0.2, 0.25) is 12.7 Å². The van der Waals surface area contributed by atoms with Crippen molar-refractivity contribution in [3.63, 3.8) is 0 Å². The Morgan fingerprint density at radius 2 is 1.72 bits per heavy atom. The predicted molar refractivity (Wildman–Crippen MR) is 108 cm³/mol. The molecule has 0 aliphatic carbocycles. The SMILES string of the molecule is C[C@H](NC(=O)c1ccc2c(c1)OCO2)C(=O)N1CCN(Cc2ccccc2)CC1. The number of nitrogens with one attached hydrogen (secondary N) is 1. The minimum absolute atomic E-state index is 0.0570. The Morgan fingerprint density at radius 3 is 2.48 bits per heavy atom. The van der Waals surface area contributed by atoms with Gasteiger partial charge in [-0.1, -0.05) is 30.3 Å². The molecule has 1 atom stereocenters. The van der Waals surface area contributed by atoms with Crippen LogP contribution in [0.25, 0.3) is 0 Å². The number of piperazine rings is 1. The largest absolute Gasteiger partial charge is 0.454 e. The van der Waals surface area contributed by atoms with Gasteiger partial charge in [0.1, 0.15) is 6.04 Å². The molecule has 7 heteroatoms. The number of amides is 2. The van der Waals surface area contributed by atoms with E-state index < -0.39 is 6.04 Å². The molecule has 0 aromatic heterocycles. The standard InChI is InChI=1S/C22H25N3O4/c1-16(23-21(26)18-7-8-19-20(13-18)29-15-28-19)22(27)25-11-9-24(10-12-25)14-17-5-3-2-4-6-17/h2-8,13,16H,9-12,14-15H2,1H3,(H,23,26)/t16-/m0/s1. The molecule has 0 saturated carbocycles. The van der Waals surface area contributed by atoms with Gasteiger partial charge in [0.15, 0.2) is 11.5 Å². The molecule has 2 aliphatic rings. The number of ether oxygens (including phenoxy) is 2. The van der Waals surface area contributed by atoms with Gasteiger partial charge in [0.05, 0.1) is 0 Å². The number of benzene rings is 2. The molecule has 1 saturated heterocycles. The lowest BCUT2D eigenvalue weighted by Crippen LogP contribution is -2.53. The Morgan fingerprint density at radius 1 is 1.00 bits per heavy atom. The summed E-state index contributed by atoms with van der Waals surface area (Å²) in [6.07, 6.45) is 0. The van der Waals surface area contributed by atoms with Crippen molar-refractivity contribution < 1.29 is 19.1 Å². The van der Waals surface area contributed by atoms with Crippen LogP contribution in [0.5, 0.6) is 11.5 Å². The smallest absolute Gasteiger partial charge is 0.252 e. The van der Waals surface area contributed by atoms with E-state index in [1.807, 2.05) is 23.1 Å². The number of carbonyl (C=O) groups excluding carboxylic acids is 2. The number of fused-ring (bicyclic) bond motifs is 1. The van der Waals surface area contributed by atoms with Crippen molar-refractivity contribution in [3.8, 4) is 11.5 Å². The Hall–Kier alpha value is -3.06. The van der Waals surface area contributed by atoms with Crippen LogP contribution < -0.4 is 14.8 Å². The van der Waals surface area contributed by atoms with Gasteiger partial charge in [-0.05, 0) is 30.7 Å². The van der Waals surface area contributed by atoms with E-state index in [9.17, 15) is 9.59 Å². The Balaban J connectivity index is 1.28. The Labute approximate surface area is 170 Å². The highest BCUT2D eigenvalue weighted by Gasteiger charge is 2.26. The molecule has 2 aromatic rings. The first-order valence-corrected chi connectivity index (χ1v) is 9.86. The molecular weight excluding hydrogens is 370 g/mol. The number of rotatable bonds is 5. The summed E-state index contributed by atoms with van der Waals surface area (Å²) in [4.78, 5) is 29.4. The van der Waals surface area contributed by atoms with Crippen molar-refractivity contribution in [2.24, 2.45) is 0 Å². The predicted octanol–water partition coefficient (Wildman–Crippen LogP) is 1.88. The van der Waals surface area contributed by atoms with E-state index in [2.05, 4.69) is 22.3 Å². The number of carbonyl (C=O) groups is 2. The summed E-state index contributed by atoms with van der Waals surface area (Å²) in [6.45, 7) is 5.74. The molecular formula is C22H25N3O4. The van der Waals surface area contributed by atoms with Crippen LogP contribution in [0.15, 0.2) is 48.5 Å². The van der Waals surface area contributed by atoms with Crippen LogP contribution in [0.2, 0.25) is 0 Å². The first-order chi connectivity index (χ1) is 14.1. The van der Waals surface area contributed by atoms with E-state index >= 15 is 0 Å². The third-order valence-electron chi connectivity index (χ3n) is 5.29. The first-order valence-electron chi connectivity index (χ1n) is 9.86. The minimum Gasteiger partial charge on any atom is -0.454 e. The zero-order valence-electron chi connectivity index (χ0n) is 16.5. The third-order valence-corrected chi connectivity index (χ3v) is 5.29. The molecule has 2 heterocycles. The van der Waals surface area contributed by atoms with Crippen molar-refractivity contribution in [2.45, 2.75) is 19.5 Å². The van der Waals surface area contributed by atoms with E-state index in [0.717, 1.165) is 19.6 Å². The Bertz CT molecular complexity index is 879. The molecule has 2 aliphatic heterocycles. The maximum absolute atomic E-state index is 12.8. The van der Waals surface area contributed by atoms with Gasteiger partial charge in [0, 0.05) is 38.3 Å². The quantitative estimate of drug-likeness (QED) is 0.837. The van der Waals surface area contributed by atoms with E-state index in [0.29, 0.717) is 30.2 Å². The van der Waals surface area contributed by atoms with Crippen LogP contribution in [0.3, 0.4) is 0 Å². The normalized spacial score (nSPS) is 17.1. The zero-order valence-corrected chi connectivity index (χ0v) is 16.5. The van der Waals surface area contributed by atoms with E-state index in [4.69, 9.17) is 9.47 Å². The van der Waals surface area contributed by atoms with Crippen LogP contribution >= 0.6 is 0 Å². The second-order valence-corrected chi connectivity index (χ2v) is 7.35. The second kappa shape index (κ2) is 8.53. The molecule has 0 bridgehead atoms. The summed E-state index contributed by atoms with van der Waals surface area (Å²) >= 11 is 0. The molecule has 7 nitrogen and oxygen atoms in total. The van der Waals surface area contributed by atoms with Gasteiger partial charge in [0.25, 0.3) is 5.91 Å². The fourth-order valence-corrected chi connectivity index (χ4v) is 3.62. The van der Waals surface area contributed by atoms with Crippen LogP contribution in [-0.2, 0) is 11.3 Å². The molecule has 29 heavy (non-hydrogen) atoms. The van der Waals surface area contributed by atoms with Crippen molar-refractivity contribution in [2.75, 3.05) is 33.0 Å². The molecule has 1 fully saturated rings. The fraction of sp³-hybridized carbons (Fsp3) is 0.364. The summed E-state index contributed by atoms with van der Waals surface area (Å²) < 4.78 is 10.6. The van der Waals surface area contributed by atoms with Gasteiger partial charge < -0.3 is 19.7 Å². The molecule has 2 amide bonds. The number of hydrogen-bond acceptors (Lipinski definition) is 5. The van der Waals surface area contributed by atoms with Crippen LogP contribution in [0.4, 0.5) is 0 Å². The first kappa shape index (κ1) is 19.3. The summed E-state index contributed by atoms with van der Waals surface area (Å²) in [5.41, 5.74) is 1.72. The summed E-state index contributed by atoms with van der Waals surface area (Å²) in [6, 6.07) is 14.7. The maximum Gasteiger partial charge on any atom is 0.252 e. The molecule has 0 unspecified atom stereocenters. The van der Waals surface area contributed by atoms with Crippen molar-refractivity contribution in [3.05, 3.63) is 59.7 Å². The lowest BCUT2D eigenvalue weighted by Gasteiger charge is -2.36. The van der Waals surface area contributed by atoms with Crippen LogP contribution in [0, 0.1) is 0 Å². The third kappa shape index (κ3) is 4.51. The van der Waals surface area contributed by atoms with Gasteiger partial charge in [-0.25, -0.2) is 0 Å². The molecule has 2 aromatic carbocycles. The van der Waals surface area contributed by atoms with E-state index in [1.54, 1.807) is 25.1 Å². The van der Waals surface area contributed by atoms with Crippen molar-refractivity contribution >= 4 is 11.8 Å². The van der Waals surface area contributed by atoms with Gasteiger partial charge in [-0.2, -0.15) is 0 Å². The molecule has 152 valence electrons. The summed E-state index contributed by atoms with van der Waals surface area (Å²) in [5.74, 6) is 0.815. The van der Waals surface area contributed by atoms with Gasteiger partial charge in [-0.3, -0.25) is 14.5 Å². The summed E-state index contributed by atoms with van der Waals surface area (Å²) in [5, 5.41) is 2.80. The lowest BCUT2D eigenvalue weighted by atomic mass is 10.1. The monoisotopic (exact) mass is 395 g/mol. The topological polar surface area (TPSA) is 71.1 Å². The van der Waals surface area contributed by atoms with E-state index in [1.165, 1.54) is 5.56 Å². The maximum atomic E-state index is 12.8. The molecule has 0 spiro atoms. The van der Waals surface area contributed by atoms with Crippen molar-refractivity contribution in [1.82, 2.24) is 15.1 Å².